The van der Waals surface area contributed by atoms with Gasteiger partial charge in [-0.1, -0.05) is 73.9 Å². The van der Waals surface area contributed by atoms with Crippen molar-refractivity contribution in [2.24, 2.45) is 0 Å². The van der Waals surface area contributed by atoms with E-state index in [1.54, 1.807) is 6.92 Å². The lowest BCUT2D eigenvalue weighted by atomic mass is 9.90. The van der Waals surface area contributed by atoms with Crippen LogP contribution in [0.1, 0.15) is 39.0 Å². The monoisotopic (exact) mass is 441 g/mol. The van der Waals surface area contributed by atoms with Crippen molar-refractivity contribution in [2.45, 2.75) is 58.5 Å². The van der Waals surface area contributed by atoms with Crippen molar-refractivity contribution < 1.29 is 13.0 Å². The molecule has 4 rings (SSSR count). The molecule has 0 saturated heterocycles. The lowest BCUT2D eigenvalue weighted by Crippen LogP contribution is -2.36. The first kappa shape index (κ1) is 22.6. The molecule has 0 radical (unpaired) electrons. The Kier molecular flexibility index (Phi) is 7.75. The summed E-state index contributed by atoms with van der Waals surface area (Å²) >= 11 is 0. The van der Waals surface area contributed by atoms with E-state index >= 15 is 0 Å². The minimum Gasteiger partial charge on any atom is -0.285 e. The van der Waals surface area contributed by atoms with Crippen LogP contribution in [0.5, 0.6) is 0 Å². The van der Waals surface area contributed by atoms with Crippen molar-refractivity contribution in [1.82, 2.24) is 0 Å². The average molecular weight is 442 g/mol. The number of rotatable bonds is 4. The first-order chi connectivity index (χ1) is 14.4. The number of hydrogen-bond acceptors (Lipinski definition) is 2. The number of benzene rings is 3. The zero-order valence-corrected chi connectivity index (χ0v) is 18.9. The molecule has 3 aromatic rings. The van der Waals surface area contributed by atoms with Crippen LogP contribution in [-0.2, 0) is 21.0 Å². The summed E-state index contributed by atoms with van der Waals surface area (Å²) in [4.78, 5) is 4.08. The van der Waals surface area contributed by atoms with Crippen molar-refractivity contribution in [3.05, 3.63) is 91.0 Å². The number of hydrogen-bond donors (Lipinski definition) is 1. The van der Waals surface area contributed by atoms with Crippen LogP contribution in [-0.4, -0.2) is 17.7 Å². The van der Waals surface area contributed by atoms with Gasteiger partial charge in [-0.25, -0.2) is 0 Å². The van der Waals surface area contributed by atoms with Crippen LogP contribution in [0, 0.1) is 0 Å². The van der Waals surface area contributed by atoms with Gasteiger partial charge in [-0.3, -0.25) is 4.55 Å². The topological polar surface area (TPSA) is 54.4 Å². The second-order valence-corrected chi connectivity index (χ2v) is 11.7. The van der Waals surface area contributed by atoms with Crippen molar-refractivity contribution in [3.8, 4) is 0 Å². The molecule has 158 valence electrons. The van der Waals surface area contributed by atoms with Gasteiger partial charge in [0.15, 0.2) is 14.7 Å². The Morgan fingerprint density at radius 3 is 1.27 bits per heavy atom. The van der Waals surface area contributed by atoms with Gasteiger partial charge < -0.3 is 0 Å². The molecular formula is C25H29O3S2+. The lowest BCUT2D eigenvalue weighted by Gasteiger charge is -2.29. The SMILES string of the molecule is CC1(S(=O)(=O)O)CCCCC1.c1ccc([S+](c2ccccc2)c2ccccc2)cc1. The van der Waals surface area contributed by atoms with Gasteiger partial charge in [-0.2, -0.15) is 8.42 Å². The van der Waals surface area contributed by atoms with E-state index in [0.29, 0.717) is 12.8 Å². The molecule has 30 heavy (non-hydrogen) atoms. The second kappa shape index (κ2) is 10.3. The van der Waals surface area contributed by atoms with E-state index in [1.165, 1.54) is 14.7 Å². The van der Waals surface area contributed by atoms with E-state index in [4.69, 9.17) is 4.55 Å². The smallest absolute Gasteiger partial charge is 0.270 e. The molecule has 0 unspecified atom stereocenters. The predicted octanol–water partition coefficient (Wildman–Crippen LogP) is 6.38. The second-order valence-electron chi connectivity index (χ2n) is 7.73. The zero-order chi connectivity index (χ0) is 21.5. The molecular weight excluding hydrogens is 412 g/mol. The first-order valence-corrected chi connectivity index (χ1v) is 12.9. The summed E-state index contributed by atoms with van der Waals surface area (Å²) in [7, 11) is -3.84. The predicted molar refractivity (Wildman–Crippen MR) is 125 cm³/mol. The van der Waals surface area contributed by atoms with Crippen LogP contribution >= 0.6 is 0 Å². The van der Waals surface area contributed by atoms with E-state index in [0.717, 1.165) is 19.3 Å². The largest absolute Gasteiger partial charge is 0.285 e. The quantitative estimate of drug-likeness (QED) is 0.377. The Morgan fingerprint density at radius 2 is 1.00 bits per heavy atom. The molecule has 0 heterocycles. The Bertz CT molecular complexity index is 904. The molecule has 3 aromatic carbocycles. The molecule has 0 bridgehead atoms. The minimum absolute atomic E-state index is 0.0146. The Hall–Kier alpha value is -2.08. The fraction of sp³-hybridized carbons (Fsp3) is 0.280. The lowest BCUT2D eigenvalue weighted by molar-refractivity contribution is 0.357. The molecule has 1 fully saturated rings. The summed E-state index contributed by atoms with van der Waals surface area (Å²) in [6.45, 7) is 1.63. The molecule has 1 aliphatic rings. The standard InChI is InChI=1S/C18H15S.C7H14O3S/c1-4-10-16(11-5-1)19(17-12-6-2-7-13-17)18-14-8-3-9-15-18;1-7(11(8,9)10)5-3-2-4-6-7/h1-15H;2-6H2,1H3,(H,8,9,10)/q+1;. The highest BCUT2D eigenvalue weighted by Crippen LogP contribution is 2.34. The van der Waals surface area contributed by atoms with Crippen LogP contribution < -0.4 is 0 Å². The molecule has 5 heteroatoms. The maximum Gasteiger partial charge on any atom is 0.270 e. The van der Waals surface area contributed by atoms with Gasteiger partial charge in [0.05, 0.1) is 15.6 Å². The third-order valence-corrected chi connectivity index (χ3v) is 9.36. The zero-order valence-electron chi connectivity index (χ0n) is 17.3. The molecule has 1 aliphatic carbocycles. The van der Waals surface area contributed by atoms with Gasteiger partial charge in [0, 0.05) is 0 Å². The fourth-order valence-corrected chi connectivity index (χ4v) is 6.54. The van der Waals surface area contributed by atoms with E-state index in [9.17, 15) is 8.42 Å². The molecule has 0 aromatic heterocycles. The van der Waals surface area contributed by atoms with Crippen molar-refractivity contribution in [2.75, 3.05) is 0 Å². The third-order valence-electron chi connectivity index (χ3n) is 5.47. The third kappa shape index (κ3) is 5.75. The van der Waals surface area contributed by atoms with Crippen molar-refractivity contribution in [3.63, 3.8) is 0 Å². The van der Waals surface area contributed by atoms with Crippen LogP contribution in [0.4, 0.5) is 0 Å². The summed E-state index contributed by atoms with van der Waals surface area (Å²) in [5.41, 5.74) is 0. The van der Waals surface area contributed by atoms with Gasteiger partial charge in [-0.15, -0.1) is 0 Å². The Labute approximate surface area is 183 Å². The normalized spacial score (nSPS) is 15.8. The summed E-state index contributed by atoms with van der Waals surface area (Å²) in [5, 5.41) is 0. The Morgan fingerprint density at radius 1 is 0.667 bits per heavy atom. The fourth-order valence-electron chi connectivity index (χ4n) is 3.64. The molecule has 0 amide bonds. The van der Waals surface area contributed by atoms with E-state index in [2.05, 4.69) is 91.0 Å². The molecule has 0 atom stereocenters. The summed E-state index contributed by atoms with van der Waals surface area (Å²) in [6, 6.07) is 32.2. The molecule has 3 nitrogen and oxygen atoms in total. The van der Waals surface area contributed by atoms with Crippen molar-refractivity contribution in [1.29, 1.82) is 0 Å². The highest BCUT2D eigenvalue weighted by atomic mass is 32.2. The summed E-state index contributed by atoms with van der Waals surface area (Å²) in [5.74, 6) is 0. The first-order valence-electron chi connectivity index (χ1n) is 10.3. The van der Waals surface area contributed by atoms with Crippen molar-refractivity contribution >= 4 is 21.0 Å². The molecule has 0 aliphatic heterocycles. The maximum absolute atomic E-state index is 10.9. The summed E-state index contributed by atoms with van der Waals surface area (Å²) in [6.07, 6.45) is 4.12. The highest BCUT2D eigenvalue weighted by molar-refractivity contribution is 7.97. The molecule has 1 N–H and O–H groups in total. The van der Waals surface area contributed by atoms with Gasteiger partial charge in [0.25, 0.3) is 10.1 Å². The van der Waals surface area contributed by atoms with Gasteiger partial charge in [0.1, 0.15) is 0 Å². The van der Waals surface area contributed by atoms with E-state index < -0.39 is 14.9 Å². The van der Waals surface area contributed by atoms with Gasteiger partial charge >= 0.3 is 0 Å². The average Bonchev–Trinajstić information content (AvgIpc) is 2.77. The van der Waals surface area contributed by atoms with E-state index in [-0.39, 0.29) is 10.9 Å². The van der Waals surface area contributed by atoms with Crippen LogP contribution in [0.2, 0.25) is 0 Å². The Balaban J connectivity index is 0.000000199. The minimum atomic E-state index is -3.83. The molecule has 1 saturated carbocycles. The molecule has 0 spiro atoms. The van der Waals surface area contributed by atoms with Crippen LogP contribution in [0.3, 0.4) is 0 Å². The van der Waals surface area contributed by atoms with E-state index in [1.807, 2.05) is 0 Å². The summed E-state index contributed by atoms with van der Waals surface area (Å²) < 4.78 is 29.7. The van der Waals surface area contributed by atoms with Gasteiger partial charge in [0.2, 0.25) is 0 Å². The maximum atomic E-state index is 10.9. The van der Waals surface area contributed by atoms with Crippen LogP contribution in [0.15, 0.2) is 106 Å². The van der Waals surface area contributed by atoms with Gasteiger partial charge in [-0.05, 0) is 56.2 Å². The highest BCUT2D eigenvalue weighted by Gasteiger charge is 2.38. The van der Waals surface area contributed by atoms with Crippen LogP contribution in [0.25, 0.3) is 0 Å².